The van der Waals surface area contributed by atoms with Crippen LogP contribution in [0.4, 0.5) is 0 Å². The summed E-state index contributed by atoms with van der Waals surface area (Å²) in [4.78, 5) is 22.8. The zero-order valence-electron chi connectivity index (χ0n) is 8.02. The van der Waals surface area contributed by atoms with E-state index in [1.807, 2.05) is 12.2 Å². The Morgan fingerprint density at radius 3 is 2.79 bits per heavy atom. The van der Waals surface area contributed by atoms with Crippen LogP contribution in [-0.2, 0) is 24.5 Å². The fourth-order valence-corrected chi connectivity index (χ4v) is 2.09. The van der Waals surface area contributed by atoms with Gasteiger partial charge in [0.2, 0.25) is 0 Å². The first-order valence-electron chi connectivity index (χ1n) is 4.29. The summed E-state index contributed by atoms with van der Waals surface area (Å²) in [5.74, 6) is 0. The standard InChI is InChI=1S/C6H5O.C5H7O.Fe/c7-5-6-3-1-2-4-6;1-5(2)3-4-6;/h1-3H,4H2;1,3H2,2H3;. The molecule has 1 aliphatic carbocycles. The van der Waals surface area contributed by atoms with Crippen molar-refractivity contribution in [2.45, 2.75) is 19.8 Å². The van der Waals surface area contributed by atoms with Gasteiger partial charge in [-0.1, -0.05) is 0 Å². The van der Waals surface area contributed by atoms with E-state index in [4.69, 9.17) is 0 Å². The molecule has 0 saturated heterocycles. The maximum absolute atomic E-state index is 11.5. The molecule has 0 radical (unpaired) electrons. The van der Waals surface area contributed by atoms with Crippen molar-refractivity contribution in [2.24, 2.45) is 0 Å². The van der Waals surface area contributed by atoms with E-state index in [2.05, 4.69) is 6.58 Å². The molecule has 0 unspecified atom stereocenters. The van der Waals surface area contributed by atoms with E-state index < -0.39 is 0 Å². The summed E-state index contributed by atoms with van der Waals surface area (Å²) in [6, 6.07) is 0. The van der Waals surface area contributed by atoms with Crippen molar-refractivity contribution >= 4 is 9.36 Å². The fraction of sp³-hybridized carbons (Fsp3) is 0.273. The van der Waals surface area contributed by atoms with Crippen LogP contribution >= 0.6 is 0 Å². The summed E-state index contributed by atoms with van der Waals surface area (Å²) in [5.41, 5.74) is 1.54. The number of hydrogen-bond donors (Lipinski definition) is 0. The molecular formula is C11H12FeO2. The van der Waals surface area contributed by atoms with Gasteiger partial charge >= 0.3 is 89.6 Å². The Hall–Kier alpha value is -0.921. The molecule has 76 valence electrons. The Morgan fingerprint density at radius 1 is 1.57 bits per heavy atom. The van der Waals surface area contributed by atoms with Crippen LogP contribution in [0, 0.1) is 0 Å². The number of carbonyl (C=O) groups is 2. The Morgan fingerprint density at radius 2 is 2.29 bits per heavy atom. The predicted molar refractivity (Wildman–Crippen MR) is 51.3 cm³/mol. The Kier molecular flexibility index (Phi) is 4.05. The van der Waals surface area contributed by atoms with Crippen LogP contribution in [0.2, 0.25) is 0 Å². The Bertz CT molecular complexity index is 337. The zero-order valence-corrected chi connectivity index (χ0v) is 9.13. The molecule has 2 nitrogen and oxygen atoms in total. The fourth-order valence-electron chi connectivity index (χ4n) is 0.996. The van der Waals surface area contributed by atoms with Crippen LogP contribution in [-0.4, -0.2) is 9.36 Å². The van der Waals surface area contributed by atoms with Gasteiger partial charge in [0.05, 0.1) is 0 Å². The molecule has 0 spiro atoms. The second-order valence-corrected chi connectivity index (χ2v) is 4.54. The van der Waals surface area contributed by atoms with Crippen LogP contribution in [0.25, 0.3) is 0 Å². The van der Waals surface area contributed by atoms with Gasteiger partial charge in [0, 0.05) is 0 Å². The van der Waals surface area contributed by atoms with E-state index in [1.165, 1.54) is 0 Å². The summed E-state index contributed by atoms with van der Waals surface area (Å²) in [6.45, 7) is 5.43. The third-order valence-electron chi connectivity index (χ3n) is 1.63. The first-order valence-corrected chi connectivity index (χ1v) is 5.39. The summed E-state index contributed by atoms with van der Waals surface area (Å²) in [7, 11) is 0. The average molecular weight is 232 g/mol. The first kappa shape index (κ1) is 11.2. The van der Waals surface area contributed by atoms with Crippen molar-refractivity contribution < 1.29 is 24.5 Å². The van der Waals surface area contributed by atoms with Crippen molar-refractivity contribution in [2.75, 3.05) is 0 Å². The van der Waals surface area contributed by atoms with Gasteiger partial charge in [0.25, 0.3) is 0 Å². The van der Waals surface area contributed by atoms with Gasteiger partial charge in [0.1, 0.15) is 0 Å². The van der Waals surface area contributed by atoms with Gasteiger partial charge in [-0.05, 0) is 0 Å². The van der Waals surface area contributed by atoms with Crippen molar-refractivity contribution in [1.82, 2.24) is 0 Å². The van der Waals surface area contributed by atoms with Crippen molar-refractivity contribution in [1.29, 1.82) is 0 Å². The topological polar surface area (TPSA) is 34.1 Å². The van der Waals surface area contributed by atoms with Crippen LogP contribution in [0.15, 0.2) is 36.0 Å². The summed E-state index contributed by atoms with van der Waals surface area (Å²) >= 11 is 0.0143. The van der Waals surface area contributed by atoms with Gasteiger partial charge in [-0.15, -0.1) is 0 Å². The van der Waals surface area contributed by atoms with E-state index in [0.29, 0.717) is 12.8 Å². The predicted octanol–water partition coefficient (Wildman–Crippen LogP) is 1.97. The molecule has 0 aromatic carbocycles. The van der Waals surface area contributed by atoms with Crippen molar-refractivity contribution in [3.05, 3.63) is 36.0 Å². The van der Waals surface area contributed by atoms with E-state index in [9.17, 15) is 9.59 Å². The van der Waals surface area contributed by atoms with Crippen LogP contribution in [0.3, 0.4) is 0 Å². The second kappa shape index (κ2) is 5.08. The average Bonchev–Trinajstić information content (AvgIpc) is 2.53. The molecule has 0 fully saturated rings. The van der Waals surface area contributed by atoms with Gasteiger partial charge < -0.3 is 0 Å². The summed E-state index contributed by atoms with van der Waals surface area (Å²) in [6.07, 6.45) is 6.51. The maximum atomic E-state index is 11.5. The van der Waals surface area contributed by atoms with Crippen LogP contribution in [0.5, 0.6) is 0 Å². The molecule has 0 amide bonds. The van der Waals surface area contributed by atoms with Gasteiger partial charge in [0.15, 0.2) is 0 Å². The van der Waals surface area contributed by atoms with Gasteiger partial charge in [-0.3, -0.25) is 0 Å². The Labute approximate surface area is 89.9 Å². The van der Waals surface area contributed by atoms with E-state index in [-0.39, 0.29) is 24.3 Å². The number of rotatable bonds is 5. The molecule has 0 saturated carbocycles. The molecule has 0 heterocycles. The molecule has 0 atom stereocenters. The number of allylic oxidation sites excluding steroid dienone is 5. The first-order chi connectivity index (χ1) is 6.59. The van der Waals surface area contributed by atoms with E-state index in [0.717, 1.165) is 11.1 Å². The summed E-state index contributed by atoms with van der Waals surface area (Å²) in [5, 5.41) is 0. The zero-order chi connectivity index (χ0) is 10.6. The van der Waals surface area contributed by atoms with Gasteiger partial charge in [-0.2, -0.15) is 0 Å². The molecule has 0 aromatic heterocycles. The normalized spacial score (nSPS) is 14.2. The minimum absolute atomic E-state index is 0.0143. The molecule has 0 aromatic rings. The van der Waals surface area contributed by atoms with E-state index >= 15 is 0 Å². The molecule has 0 bridgehead atoms. The summed E-state index contributed by atoms with van der Waals surface area (Å²) < 4.78 is -0.100. The SMILES string of the molecule is C=C(C)C[C](=O)[Fe][C](=O)C1=CC=CC1. The van der Waals surface area contributed by atoms with Crippen molar-refractivity contribution in [3.8, 4) is 0 Å². The van der Waals surface area contributed by atoms with Crippen LogP contribution in [0.1, 0.15) is 19.8 Å². The third kappa shape index (κ3) is 3.44. The Balaban J connectivity index is 2.41. The number of hydrogen-bond acceptors (Lipinski definition) is 2. The minimum atomic E-state index is -0.0544. The monoisotopic (exact) mass is 232 g/mol. The quantitative estimate of drug-likeness (QED) is 0.536. The molecular weight excluding hydrogens is 220 g/mol. The molecule has 3 heteroatoms. The molecule has 1 aliphatic rings. The molecule has 1 rings (SSSR count). The van der Waals surface area contributed by atoms with Crippen molar-refractivity contribution in [3.63, 3.8) is 0 Å². The third-order valence-corrected chi connectivity index (χ3v) is 2.74. The number of carbonyl (C=O) groups excluding carboxylic acids is 2. The molecule has 0 N–H and O–H groups in total. The second-order valence-electron chi connectivity index (χ2n) is 3.15. The molecule has 14 heavy (non-hydrogen) atoms. The van der Waals surface area contributed by atoms with Gasteiger partial charge in [-0.25, -0.2) is 0 Å². The molecule has 0 aliphatic heterocycles. The van der Waals surface area contributed by atoms with Crippen LogP contribution < -0.4 is 0 Å². The van der Waals surface area contributed by atoms with E-state index in [1.54, 1.807) is 13.0 Å².